The number of ether oxygens (including phenoxy) is 1. The molecule has 3 aromatic rings. The first-order valence-corrected chi connectivity index (χ1v) is 9.07. The molecule has 3 nitrogen and oxygen atoms in total. The molecule has 0 unspecified atom stereocenters. The predicted octanol–water partition coefficient (Wildman–Crippen LogP) is 5.63. The summed E-state index contributed by atoms with van der Waals surface area (Å²) < 4.78 is 5.08. The molecule has 0 aliphatic rings. The summed E-state index contributed by atoms with van der Waals surface area (Å²) in [5.74, 6) is -0.794. The first-order valence-electron chi connectivity index (χ1n) is 8.31. The molecule has 136 valence electrons. The quantitative estimate of drug-likeness (QED) is 0.399. The number of Topliss-reactive ketones (excluding diaryl/α,β-unsaturated/α-hetero) is 1. The number of carbonyl (C=O) groups excluding carboxylic acids is 2. The van der Waals surface area contributed by atoms with Gasteiger partial charge in [-0.15, -0.1) is 0 Å². The van der Waals surface area contributed by atoms with Crippen molar-refractivity contribution in [1.82, 2.24) is 0 Å². The van der Waals surface area contributed by atoms with Crippen LogP contribution in [-0.4, -0.2) is 18.4 Å². The number of esters is 1. The van der Waals surface area contributed by atoms with E-state index < -0.39 is 5.97 Å². The molecule has 5 heteroatoms. The summed E-state index contributed by atoms with van der Waals surface area (Å²) in [5.41, 5.74) is 3.35. The van der Waals surface area contributed by atoms with Gasteiger partial charge in [0.05, 0.1) is 16.5 Å². The van der Waals surface area contributed by atoms with Crippen molar-refractivity contribution in [2.45, 2.75) is 6.42 Å². The maximum Gasteiger partial charge on any atom is 0.310 e. The third-order valence-electron chi connectivity index (χ3n) is 4.02. The van der Waals surface area contributed by atoms with Crippen LogP contribution in [0, 0.1) is 0 Å². The van der Waals surface area contributed by atoms with Gasteiger partial charge in [-0.25, -0.2) is 0 Å². The highest BCUT2D eigenvalue weighted by Crippen LogP contribution is 2.23. The molecule has 0 spiro atoms. The molecule has 27 heavy (non-hydrogen) atoms. The molecule has 0 aromatic heterocycles. The topological polar surface area (TPSA) is 43.4 Å². The summed E-state index contributed by atoms with van der Waals surface area (Å²) >= 11 is 11.7. The highest BCUT2D eigenvalue weighted by Gasteiger charge is 2.12. The largest absolute Gasteiger partial charge is 0.457 e. The van der Waals surface area contributed by atoms with Gasteiger partial charge >= 0.3 is 5.97 Å². The Hall–Kier alpha value is -2.62. The molecule has 0 aliphatic heterocycles. The van der Waals surface area contributed by atoms with Gasteiger partial charge in [0.15, 0.2) is 12.4 Å². The van der Waals surface area contributed by atoms with Crippen LogP contribution in [0.2, 0.25) is 10.0 Å². The van der Waals surface area contributed by atoms with E-state index in [1.54, 1.807) is 6.07 Å². The first-order chi connectivity index (χ1) is 13.0. The Kier molecular flexibility index (Phi) is 6.28. The van der Waals surface area contributed by atoms with Crippen molar-refractivity contribution in [2.75, 3.05) is 6.61 Å². The van der Waals surface area contributed by atoms with Crippen LogP contribution < -0.4 is 0 Å². The lowest BCUT2D eigenvalue weighted by atomic mass is 10.0. The van der Waals surface area contributed by atoms with E-state index >= 15 is 0 Å². The van der Waals surface area contributed by atoms with E-state index in [1.165, 1.54) is 12.1 Å². The fraction of sp³-hybridized carbons (Fsp3) is 0.0909. The van der Waals surface area contributed by atoms with Gasteiger partial charge in [0, 0.05) is 5.56 Å². The number of hydrogen-bond acceptors (Lipinski definition) is 3. The predicted molar refractivity (Wildman–Crippen MR) is 107 cm³/mol. The van der Waals surface area contributed by atoms with Gasteiger partial charge in [0.1, 0.15) is 0 Å². The molecule has 3 aromatic carbocycles. The minimum atomic E-state index is -0.462. The SMILES string of the molecule is O=C(Cc1ccc(-c2ccccc2)cc1)OCC(=O)c1ccc(Cl)c(Cl)c1. The number of rotatable bonds is 6. The third-order valence-corrected chi connectivity index (χ3v) is 4.75. The molecule has 0 aliphatic carbocycles. The normalized spacial score (nSPS) is 10.4. The second-order valence-corrected chi connectivity index (χ2v) is 6.77. The minimum absolute atomic E-state index is 0.101. The van der Waals surface area contributed by atoms with Crippen LogP contribution in [0.3, 0.4) is 0 Å². The van der Waals surface area contributed by atoms with Gasteiger partial charge in [0.2, 0.25) is 0 Å². The smallest absolute Gasteiger partial charge is 0.310 e. The van der Waals surface area contributed by atoms with Crippen LogP contribution in [0.25, 0.3) is 11.1 Å². The molecule has 0 atom stereocenters. The van der Waals surface area contributed by atoms with Gasteiger partial charge in [-0.3, -0.25) is 9.59 Å². The summed E-state index contributed by atoms with van der Waals surface area (Å²) in [6, 6.07) is 22.2. The Morgan fingerprint density at radius 3 is 2.11 bits per heavy atom. The van der Waals surface area contributed by atoms with Gasteiger partial charge in [0.25, 0.3) is 0 Å². The summed E-state index contributed by atoms with van der Waals surface area (Å²) in [7, 11) is 0. The van der Waals surface area contributed by atoms with Crippen molar-refractivity contribution in [2.24, 2.45) is 0 Å². The standard InChI is InChI=1S/C22H16Cl2O3/c23-19-11-10-18(13-20(19)24)21(25)14-27-22(26)12-15-6-8-17(9-7-15)16-4-2-1-3-5-16/h1-11,13H,12,14H2. The number of hydrogen-bond donors (Lipinski definition) is 0. The van der Waals surface area contributed by atoms with E-state index in [4.69, 9.17) is 27.9 Å². The van der Waals surface area contributed by atoms with Crippen LogP contribution in [0.5, 0.6) is 0 Å². The second kappa shape index (κ2) is 8.85. The zero-order chi connectivity index (χ0) is 19.2. The van der Waals surface area contributed by atoms with E-state index in [1.807, 2.05) is 54.6 Å². The zero-order valence-corrected chi connectivity index (χ0v) is 15.8. The summed E-state index contributed by atoms with van der Waals surface area (Å²) in [4.78, 5) is 24.1. The molecular weight excluding hydrogens is 383 g/mol. The van der Waals surface area contributed by atoms with Crippen LogP contribution in [0.4, 0.5) is 0 Å². The van der Waals surface area contributed by atoms with Crippen molar-refractivity contribution in [3.05, 3.63) is 94.0 Å². The van der Waals surface area contributed by atoms with Crippen molar-refractivity contribution < 1.29 is 14.3 Å². The zero-order valence-electron chi connectivity index (χ0n) is 14.3. The van der Waals surface area contributed by atoms with Crippen LogP contribution >= 0.6 is 23.2 Å². The van der Waals surface area contributed by atoms with E-state index in [9.17, 15) is 9.59 Å². The van der Waals surface area contributed by atoms with Gasteiger partial charge in [-0.1, -0.05) is 77.8 Å². The van der Waals surface area contributed by atoms with E-state index in [2.05, 4.69) is 0 Å². The number of ketones is 1. The van der Waals surface area contributed by atoms with Gasteiger partial charge in [-0.05, 0) is 34.9 Å². The molecule has 0 N–H and O–H groups in total. The molecule has 0 bridgehead atoms. The molecule has 0 amide bonds. The highest BCUT2D eigenvalue weighted by atomic mass is 35.5. The average Bonchev–Trinajstić information content (AvgIpc) is 2.69. The van der Waals surface area contributed by atoms with Gasteiger partial charge < -0.3 is 4.74 Å². The van der Waals surface area contributed by atoms with E-state index in [-0.39, 0.29) is 23.8 Å². The molecule has 0 saturated carbocycles. The molecule has 3 rings (SSSR count). The Labute approximate surface area is 167 Å². The number of benzene rings is 3. The Morgan fingerprint density at radius 2 is 1.44 bits per heavy atom. The van der Waals surface area contributed by atoms with E-state index in [0.717, 1.165) is 16.7 Å². The lowest BCUT2D eigenvalue weighted by molar-refractivity contribution is -0.141. The molecular formula is C22H16Cl2O3. The number of halogens is 2. The van der Waals surface area contributed by atoms with Crippen molar-refractivity contribution in [1.29, 1.82) is 0 Å². The van der Waals surface area contributed by atoms with E-state index in [0.29, 0.717) is 10.6 Å². The molecule has 0 heterocycles. The van der Waals surface area contributed by atoms with Crippen molar-refractivity contribution >= 4 is 35.0 Å². The number of carbonyl (C=O) groups is 2. The molecule has 0 fully saturated rings. The van der Waals surface area contributed by atoms with Crippen LogP contribution in [0.15, 0.2) is 72.8 Å². The fourth-order valence-corrected chi connectivity index (χ4v) is 2.86. The lowest BCUT2D eigenvalue weighted by Crippen LogP contribution is -2.15. The highest BCUT2D eigenvalue weighted by molar-refractivity contribution is 6.42. The monoisotopic (exact) mass is 398 g/mol. The maximum absolute atomic E-state index is 12.1. The summed E-state index contributed by atoms with van der Waals surface area (Å²) in [6.45, 7) is -0.334. The minimum Gasteiger partial charge on any atom is -0.457 e. The Bertz CT molecular complexity index is 951. The van der Waals surface area contributed by atoms with Gasteiger partial charge in [-0.2, -0.15) is 0 Å². The first kappa shape index (κ1) is 19.2. The third kappa shape index (κ3) is 5.19. The Morgan fingerprint density at radius 1 is 0.778 bits per heavy atom. The van der Waals surface area contributed by atoms with Crippen molar-refractivity contribution in [3.63, 3.8) is 0 Å². The molecule has 0 radical (unpaired) electrons. The van der Waals surface area contributed by atoms with Crippen LogP contribution in [0.1, 0.15) is 15.9 Å². The lowest BCUT2D eigenvalue weighted by Gasteiger charge is -2.07. The average molecular weight is 399 g/mol. The fourth-order valence-electron chi connectivity index (χ4n) is 2.56. The van der Waals surface area contributed by atoms with Crippen molar-refractivity contribution in [3.8, 4) is 11.1 Å². The second-order valence-electron chi connectivity index (χ2n) is 5.95. The Balaban J connectivity index is 1.54. The van der Waals surface area contributed by atoms with Crippen LogP contribution in [-0.2, 0) is 16.0 Å². The molecule has 0 saturated heterocycles. The summed E-state index contributed by atoms with van der Waals surface area (Å²) in [6.07, 6.45) is 0.101. The summed E-state index contributed by atoms with van der Waals surface area (Å²) in [5, 5.41) is 0.650. The maximum atomic E-state index is 12.1.